The first-order valence-corrected chi connectivity index (χ1v) is 7.53. The molecule has 0 unspecified atom stereocenters. The molecule has 0 spiro atoms. The topological polar surface area (TPSA) is 98.0 Å². The number of aliphatic hydroxyl groups is 1. The molecule has 2 aromatic heterocycles. The standard InChI is InChI=1S/C15H16N6O2/c22-7-2-6-21-15(16-9-17-21)14-10-3-1-4-12-13(10)11(18-19-14)5-8-23-20-12/h1,3-4,9,20,22H,2,5-8H2. The first-order valence-electron chi connectivity index (χ1n) is 7.53. The molecule has 4 rings (SSSR count). The molecule has 0 atom stereocenters. The molecular formula is C15H16N6O2. The van der Waals surface area contributed by atoms with E-state index in [9.17, 15) is 0 Å². The maximum atomic E-state index is 9.03. The zero-order valence-corrected chi connectivity index (χ0v) is 12.4. The number of aliphatic hydroxyl groups excluding tert-OH is 1. The normalized spacial score (nSPS) is 13.8. The van der Waals surface area contributed by atoms with Crippen molar-refractivity contribution >= 4 is 16.5 Å². The van der Waals surface area contributed by atoms with Crippen molar-refractivity contribution in [1.29, 1.82) is 0 Å². The zero-order valence-electron chi connectivity index (χ0n) is 12.4. The number of benzene rings is 1. The summed E-state index contributed by atoms with van der Waals surface area (Å²) in [6.45, 7) is 1.23. The molecule has 0 aliphatic carbocycles. The van der Waals surface area contributed by atoms with Gasteiger partial charge in [-0.25, -0.2) is 9.67 Å². The fraction of sp³-hybridized carbons (Fsp3) is 0.333. The molecule has 0 bridgehead atoms. The van der Waals surface area contributed by atoms with Crippen LogP contribution in [0.3, 0.4) is 0 Å². The Morgan fingerprint density at radius 1 is 1.30 bits per heavy atom. The van der Waals surface area contributed by atoms with Crippen LogP contribution in [0, 0.1) is 0 Å². The number of hydrogen-bond donors (Lipinski definition) is 2. The molecule has 8 nitrogen and oxygen atoms in total. The third-order valence-corrected chi connectivity index (χ3v) is 3.86. The van der Waals surface area contributed by atoms with Gasteiger partial charge in [0.1, 0.15) is 12.0 Å². The Hall–Kier alpha value is -2.58. The molecule has 0 fully saturated rings. The minimum atomic E-state index is 0.107. The van der Waals surface area contributed by atoms with Crippen LogP contribution in [0.15, 0.2) is 24.5 Å². The Morgan fingerprint density at radius 2 is 2.26 bits per heavy atom. The number of anilines is 1. The summed E-state index contributed by atoms with van der Waals surface area (Å²) in [5.41, 5.74) is 5.44. The number of rotatable bonds is 4. The molecule has 1 aliphatic rings. The third-order valence-electron chi connectivity index (χ3n) is 3.86. The highest BCUT2D eigenvalue weighted by molar-refractivity contribution is 6.01. The highest BCUT2D eigenvalue weighted by Crippen LogP contribution is 2.33. The van der Waals surface area contributed by atoms with Gasteiger partial charge in [-0.05, 0) is 12.5 Å². The van der Waals surface area contributed by atoms with Gasteiger partial charge in [-0.1, -0.05) is 12.1 Å². The number of nitrogens with zero attached hydrogens (tertiary/aromatic N) is 5. The highest BCUT2D eigenvalue weighted by Gasteiger charge is 2.19. The Kier molecular flexibility index (Phi) is 3.60. The Morgan fingerprint density at radius 3 is 3.17 bits per heavy atom. The van der Waals surface area contributed by atoms with Crippen molar-refractivity contribution in [3.8, 4) is 11.5 Å². The molecular weight excluding hydrogens is 296 g/mol. The summed E-state index contributed by atoms with van der Waals surface area (Å²) < 4.78 is 1.75. The van der Waals surface area contributed by atoms with Crippen LogP contribution in [-0.2, 0) is 17.8 Å². The van der Waals surface area contributed by atoms with Crippen LogP contribution >= 0.6 is 0 Å². The zero-order chi connectivity index (χ0) is 15.6. The summed E-state index contributed by atoms with van der Waals surface area (Å²) in [6, 6.07) is 5.91. The Balaban J connectivity index is 1.91. The molecule has 2 N–H and O–H groups in total. The third kappa shape index (κ3) is 2.41. The first-order chi connectivity index (χ1) is 11.4. The average Bonchev–Trinajstić information content (AvgIpc) is 2.94. The molecule has 0 saturated heterocycles. The Bertz CT molecular complexity index is 835. The van der Waals surface area contributed by atoms with Crippen molar-refractivity contribution in [3.63, 3.8) is 0 Å². The van der Waals surface area contributed by atoms with E-state index in [1.165, 1.54) is 6.33 Å². The molecule has 3 heterocycles. The van der Waals surface area contributed by atoms with Gasteiger partial charge in [0.2, 0.25) is 0 Å². The summed E-state index contributed by atoms with van der Waals surface area (Å²) in [4.78, 5) is 9.73. The largest absolute Gasteiger partial charge is 0.396 e. The summed E-state index contributed by atoms with van der Waals surface area (Å²) in [5, 5.41) is 24.0. The van der Waals surface area contributed by atoms with E-state index in [4.69, 9.17) is 9.94 Å². The van der Waals surface area contributed by atoms with Gasteiger partial charge in [0.05, 0.1) is 18.0 Å². The molecule has 118 valence electrons. The van der Waals surface area contributed by atoms with Crippen LogP contribution in [0.25, 0.3) is 22.3 Å². The molecule has 1 aromatic carbocycles. The number of nitrogens with one attached hydrogen (secondary N) is 1. The predicted octanol–water partition coefficient (Wildman–Crippen LogP) is 1.17. The predicted molar refractivity (Wildman–Crippen MR) is 83.5 cm³/mol. The van der Waals surface area contributed by atoms with Gasteiger partial charge < -0.3 is 5.11 Å². The molecule has 23 heavy (non-hydrogen) atoms. The van der Waals surface area contributed by atoms with Gasteiger partial charge in [0, 0.05) is 30.3 Å². The fourth-order valence-corrected chi connectivity index (χ4v) is 2.81. The van der Waals surface area contributed by atoms with Crippen LogP contribution in [0.5, 0.6) is 0 Å². The summed E-state index contributed by atoms with van der Waals surface area (Å²) in [5.74, 6) is 0.653. The first kappa shape index (κ1) is 14.0. The van der Waals surface area contributed by atoms with Gasteiger partial charge >= 0.3 is 0 Å². The van der Waals surface area contributed by atoms with E-state index < -0.39 is 0 Å². The molecule has 0 amide bonds. The fourth-order valence-electron chi connectivity index (χ4n) is 2.81. The van der Waals surface area contributed by atoms with Crippen molar-refractivity contribution < 1.29 is 9.94 Å². The average molecular weight is 312 g/mol. The summed E-state index contributed by atoms with van der Waals surface area (Å²) in [7, 11) is 0. The van der Waals surface area contributed by atoms with Gasteiger partial charge in [0.25, 0.3) is 0 Å². The van der Waals surface area contributed by atoms with Crippen LogP contribution in [0.4, 0.5) is 5.69 Å². The van der Waals surface area contributed by atoms with E-state index in [0.29, 0.717) is 37.5 Å². The van der Waals surface area contributed by atoms with E-state index in [1.54, 1.807) is 4.68 Å². The van der Waals surface area contributed by atoms with E-state index in [1.807, 2.05) is 18.2 Å². The SMILES string of the molecule is OCCCn1ncnc1-c1nnc2c3c(cccc13)NOCC2. The maximum absolute atomic E-state index is 9.03. The smallest absolute Gasteiger partial charge is 0.179 e. The molecule has 0 saturated carbocycles. The molecule has 8 heteroatoms. The van der Waals surface area contributed by atoms with E-state index in [2.05, 4.69) is 25.8 Å². The molecule has 1 aliphatic heterocycles. The van der Waals surface area contributed by atoms with Crippen molar-refractivity contribution in [1.82, 2.24) is 25.0 Å². The minimum Gasteiger partial charge on any atom is -0.396 e. The minimum absolute atomic E-state index is 0.107. The lowest BCUT2D eigenvalue weighted by Gasteiger charge is -2.10. The summed E-state index contributed by atoms with van der Waals surface area (Å²) >= 11 is 0. The maximum Gasteiger partial charge on any atom is 0.179 e. The van der Waals surface area contributed by atoms with Crippen molar-refractivity contribution in [3.05, 3.63) is 30.2 Å². The monoisotopic (exact) mass is 312 g/mol. The lowest BCUT2D eigenvalue weighted by Crippen LogP contribution is -2.07. The second-order valence-electron chi connectivity index (χ2n) is 5.31. The Labute approximate surface area is 132 Å². The van der Waals surface area contributed by atoms with E-state index in [-0.39, 0.29) is 6.61 Å². The van der Waals surface area contributed by atoms with Crippen LogP contribution in [0.2, 0.25) is 0 Å². The van der Waals surface area contributed by atoms with Crippen LogP contribution < -0.4 is 5.48 Å². The van der Waals surface area contributed by atoms with Gasteiger partial charge in [0.15, 0.2) is 5.82 Å². The van der Waals surface area contributed by atoms with Gasteiger partial charge in [-0.15, -0.1) is 5.10 Å². The van der Waals surface area contributed by atoms with E-state index in [0.717, 1.165) is 22.2 Å². The van der Waals surface area contributed by atoms with Crippen LogP contribution in [-0.4, -0.2) is 43.3 Å². The summed E-state index contributed by atoms with van der Waals surface area (Å²) in [6.07, 6.45) is 2.81. The van der Waals surface area contributed by atoms with Crippen molar-refractivity contribution in [2.24, 2.45) is 0 Å². The lowest BCUT2D eigenvalue weighted by molar-refractivity contribution is 0.199. The molecule has 3 aromatic rings. The number of hydrogen-bond acceptors (Lipinski definition) is 7. The lowest BCUT2D eigenvalue weighted by atomic mass is 10.0. The van der Waals surface area contributed by atoms with Crippen LogP contribution in [0.1, 0.15) is 12.1 Å². The quantitative estimate of drug-likeness (QED) is 0.746. The second-order valence-corrected chi connectivity index (χ2v) is 5.31. The second kappa shape index (κ2) is 5.90. The van der Waals surface area contributed by atoms with Gasteiger partial charge in [-0.2, -0.15) is 10.2 Å². The van der Waals surface area contributed by atoms with Gasteiger partial charge in [-0.3, -0.25) is 10.3 Å². The van der Waals surface area contributed by atoms with E-state index >= 15 is 0 Å². The molecule has 0 radical (unpaired) electrons. The van der Waals surface area contributed by atoms with Crippen molar-refractivity contribution in [2.75, 3.05) is 18.7 Å². The van der Waals surface area contributed by atoms with Crippen molar-refractivity contribution in [2.45, 2.75) is 19.4 Å². The highest BCUT2D eigenvalue weighted by atomic mass is 16.6. The number of aromatic nitrogens is 5. The number of aryl methyl sites for hydroxylation is 1.